The average molecular weight is 355 g/mol. The van der Waals surface area contributed by atoms with Gasteiger partial charge < -0.3 is 4.90 Å². The van der Waals surface area contributed by atoms with Crippen LogP contribution in [0.15, 0.2) is 42.5 Å². The number of carbonyl (C=O) groups is 1. The predicted molar refractivity (Wildman–Crippen MR) is 95.7 cm³/mol. The normalized spacial score (nSPS) is 14.1. The molecular weight excluding hydrogens is 338 g/mol. The Balaban J connectivity index is 2.23. The lowest BCUT2D eigenvalue weighted by Crippen LogP contribution is -2.31. The van der Waals surface area contributed by atoms with E-state index in [9.17, 15) is 25.0 Å². The van der Waals surface area contributed by atoms with Gasteiger partial charge in [-0.3, -0.25) is 25.0 Å². The van der Waals surface area contributed by atoms with Crippen molar-refractivity contribution in [2.75, 3.05) is 18.0 Å². The summed E-state index contributed by atoms with van der Waals surface area (Å²) in [5.74, 6) is -0.460. The molecule has 8 nitrogen and oxygen atoms in total. The minimum Gasteiger partial charge on any atom is -0.365 e. The van der Waals surface area contributed by atoms with Crippen LogP contribution in [0.5, 0.6) is 0 Å². The quantitative estimate of drug-likeness (QED) is 0.459. The van der Waals surface area contributed by atoms with Crippen LogP contribution in [0.25, 0.3) is 0 Å². The number of nitrogens with zero attached hydrogens (tertiary/aromatic N) is 3. The number of carbonyl (C=O) groups excluding carboxylic acids is 1. The molecule has 0 amide bonds. The highest BCUT2D eigenvalue weighted by Gasteiger charge is 2.31. The van der Waals surface area contributed by atoms with E-state index < -0.39 is 27.0 Å². The molecule has 1 aliphatic heterocycles. The number of benzene rings is 2. The molecule has 0 bridgehead atoms. The van der Waals surface area contributed by atoms with Crippen LogP contribution in [0.4, 0.5) is 17.1 Å². The number of anilines is 1. The van der Waals surface area contributed by atoms with Gasteiger partial charge in [-0.15, -0.1) is 0 Å². The molecule has 1 saturated heterocycles. The molecule has 0 unspecified atom stereocenters. The Bertz CT molecular complexity index is 861. The van der Waals surface area contributed by atoms with Gasteiger partial charge in [0.15, 0.2) is 5.78 Å². The third kappa shape index (κ3) is 3.39. The second-order valence-electron chi connectivity index (χ2n) is 6.12. The Morgan fingerprint density at radius 1 is 0.923 bits per heavy atom. The summed E-state index contributed by atoms with van der Waals surface area (Å²) in [6.45, 7) is 1.15. The zero-order valence-corrected chi connectivity index (χ0v) is 14.0. The van der Waals surface area contributed by atoms with E-state index in [4.69, 9.17) is 0 Å². The molecule has 1 fully saturated rings. The van der Waals surface area contributed by atoms with Crippen LogP contribution in [0.1, 0.15) is 35.2 Å². The van der Waals surface area contributed by atoms with Gasteiger partial charge in [0, 0.05) is 24.7 Å². The van der Waals surface area contributed by atoms with E-state index in [1.165, 1.54) is 0 Å². The first kappa shape index (κ1) is 17.5. The maximum atomic E-state index is 13.0. The molecule has 0 aromatic heterocycles. The molecule has 0 atom stereocenters. The van der Waals surface area contributed by atoms with Crippen molar-refractivity contribution in [2.24, 2.45) is 0 Å². The van der Waals surface area contributed by atoms with Gasteiger partial charge in [-0.2, -0.15) is 0 Å². The summed E-state index contributed by atoms with van der Waals surface area (Å²) < 4.78 is 0. The Kier molecular flexibility index (Phi) is 4.92. The maximum Gasteiger partial charge on any atom is 0.300 e. The van der Waals surface area contributed by atoms with E-state index in [1.807, 2.05) is 0 Å². The predicted octanol–water partition coefficient (Wildman–Crippen LogP) is 3.72. The zero-order valence-electron chi connectivity index (χ0n) is 14.0. The minimum absolute atomic E-state index is 0.000926. The van der Waals surface area contributed by atoms with E-state index in [-0.39, 0.29) is 11.3 Å². The lowest BCUT2D eigenvalue weighted by molar-refractivity contribution is -0.393. The van der Waals surface area contributed by atoms with Crippen LogP contribution in [0, 0.1) is 20.2 Å². The lowest BCUT2D eigenvalue weighted by atomic mass is 9.98. The highest BCUT2D eigenvalue weighted by Crippen LogP contribution is 2.38. The van der Waals surface area contributed by atoms with Crippen molar-refractivity contribution in [1.82, 2.24) is 0 Å². The van der Waals surface area contributed by atoms with Gasteiger partial charge in [-0.05, 0) is 19.3 Å². The molecule has 0 saturated carbocycles. The molecule has 3 rings (SSSR count). The van der Waals surface area contributed by atoms with Gasteiger partial charge in [0.05, 0.1) is 21.5 Å². The van der Waals surface area contributed by atoms with E-state index in [0.29, 0.717) is 18.7 Å². The van der Waals surface area contributed by atoms with E-state index >= 15 is 0 Å². The van der Waals surface area contributed by atoms with Gasteiger partial charge in [-0.1, -0.05) is 30.3 Å². The van der Waals surface area contributed by atoms with E-state index in [0.717, 1.165) is 31.4 Å². The van der Waals surface area contributed by atoms with Crippen molar-refractivity contribution < 1.29 is 14.6 Å². The van der Waals surface area contributed by atoms with E-state index in [1.54, 1.807) is 35.2 Å². The number of piperidine rings is 1. The average Bonchev–Trinajstić information content (AvgIpc) is 2.67. The first-order valence-electron chi connectivity index (χ1n) is 8.30. The SMILES string of the molecule is O=C(c1ccccc1)c1cc([N+](=O)[O-])cc([N+](=O)[O-])c1N1CCCCC1. The molecule has 8 heteroatoms. The fourth-order valence-electron chi connectivity index (χ4n) is 3.22. The van der Waals surface area contributed by atoms with Crippen molar-refractivity contribution in [1.29, 1.82) is 0 Å². The number of non-ortho nitro benzene ring substituents is 1. The first-order chi connectivity index (χ1) is 12.5. The molecule has 0 radical (unpaired) electrons. The monoisotopic (exact) mass is 355 g/mol. The van der Waals surface area contributed by atoms with Crippen LogP contribution in [0.2, 0.25) is 0 Å². The number of nitro groups is 2. The highest BCUT2D eigenvalue weighted by molar-refractivity contribution is 6.14. The summed E-state index contributed by atoms with van der Waals surface area (Å²) in [5, 5.41) is 22.8. The Hall–Kier alpha value is -3.29. The van der Waals surface area contributed by atoms with Crippen molar-refractivity contribution in [3.05, 3.63) is 73.8 Å². The van der Waals surface area contributed by atoms with E-state index in [2.05, 4.69) is 0 Å². The van der Waals surface area contributed by atoms with Crippen molar-refractivity contribution in [3.63, 3.8) is 0 Å². The number of hydrogen-bond donors (Lipinski definition) is 0. The molecule has 1 heterocycles. The molecule has 2 aromatic rings. The summed E-state index contributed by atoms with van der Waals surface area (Å²) in [7, 11) is 0. The number of ketones is 1. The summed E-state index contributed by atoms with van der Waals surface area (Å²) in [5.41, 5.74) is -0.356. The number of rotatable bonds is 5. The molecule has 0 N–H and O–H groups in total. The number of hydrogen-bond acceptors (Lipinski definition) is 6. The third-order valence-electron chi connectivity index (χ3n) is 4.43. The van der Waals surface area contributed by atoms with Crippen LogP contribution in [0.3, 0.4) is 0 Å². The fourth-order valence-corrected chi connectivity index (χ4v) is 3.22. The van der Waals surface area contributed by atoms with Crippen molar-refractivity contribution >= 4 is 22.8 Å². The zero-order chi connectivity index (χ0) is 18.7. The fraction of sp³-hybridized carbons (Fsp3) is 0.278. The first-order valence-corrected chi connectivity index (χ1v) is 8.30. The topological polar surface area (TPSA) is 107 Å². The molecule has 0 spiro atoms. The van der Waals surface area contributed by atoms with Gasteiger partial charge in [0.25, 0.3) is 11.4 Å². The largest absolute Gasteiger partial charge is 0.365 e. The highest BCUT2D eigenvalue weighted by atomic mass is 16.6. The summed E-state index contributed by atoms with van der Waals surface area (Å²) >= 11 is 0. The number of nitro benzene ring substituents is 2. The molecular formula is C18H17N3O5. The molecule has 0 aliphatic carbocycles. The van der Waals surface area contributed by atoms with Crippen LogP contribution < -0.4 is 4.90 Å². The van der Waals surface area contributed by atoms with Crippen LogP contribution >= 0.6 is 0 Å². The van der Waals surface area contributed by atoms with Gasteiger partial charge in [0.1, 0.15) is 5.69 Å². The standard InChI is InChI=1S/C18H17N3O5/c22-18(13-7-3-1-4-8-13)15-11-14(20(23)24)12-16(21(25)26)17(15)19-9-5-2-6-10-19/h1,3-4,7-8,11-12H,2,5-6,9-10H2. The van der Waals surface area contributed by atoms with Gasteiger partial charge in [-0.25, -0.2) is 0 Å². The summed E-state index contributed by atoms with van der Waals surface area (Å²) in [6.07, 6.45) is 2.72. The maximum absolute atomic E-state index is 13.0. The van der Waals surface area contributed by atoms with Crippen molar-refractivity contribution in [3.8, 4) is 0 Å². The van der Waals surface area contributed by atoms with Crippen molar-refractivity contribution in [2.45, 2.75) is 19.3 Å². The smallest absolute Gasteiger partial charge is 0.300 e. The Labute approximate surface area is 149 Å². The molecule has 1 aliphatic rings. The van der Waals surface area contributed by atoms with Gasteiger partial charge >= 0.3 is 0 Å². The lowest BCUT2D eigenvalue weighted by Gasteiger charge is -2.29. The molecule has 2 aromatic carbocycles. The van der Waals surface area contributed by atoms with Gasteiger partial charge in [0.2, 0.25) is 0 Å². The summed E-state index contributed by atoms with van der Waals surface area (Å²) in [6, 6.07) is 10.4. The van der Waals surface area contributed by atoms with Crippen LogP contribution in [-0.2, 0) is 0 Å². The second-order valence-corrected chi connectivity index (χ2v) is 6.12. The third-order valence-corrected chi connectivity index (χ3v) is 4.43. The molecule has 134 valence electrons. The second kappa shape index (κ2) is 7.30. The minimum atomic E-state index is -0.714. The van der Waals surface area contributed by atoms with Crippen LogP contribution in [-0.4, -0.2) is 28.7 Å². The Morgan fingerprint density at radius 3 is 2.15 bits per heavy atom. The Morgan fingerprint density at radius 2 is 1.58 bits per heavy atom. The molecule has 26 heavy (non-hydrogen) atoms. The summed E-state index contributed by atoms with van der Waals surface area (Å²) in [4.78, 5) is 36.2.